The average molecular weight is 395 g/mol. The molecule has 1 aliphatic rings. The monoisotopic (exact) mass is 395 g/mol. The third-order valence-corrected chi connectivity index (χ3v) is 5.05. The van der Waals surface area contributed by atoms with Crippen LogP contribution in [0.25, 0.3) is 10.9 Å². The van der Waals surface area contributed by atoms with Crippen molar-refractivity contribution in [3.8, 4) is 0 Å². The topological polar surface area (TPSA) is 74.4 Å². The molecule has 0 saturated carbocycles. The number of nitrogens with zero attached hydrogens (tertiary/aromatic N) is 1. The highest BCUT2D eigenvalue weighted by Crippen LogP contribution is 2.30. The summed E-state index contributed by atoms with van der Waals surface area (Å²) in [4.78, 5) is 30.1. The summed E-state index contributed by atoms with van der Waals surface area (Å²) in [6.45, 7) is 2.81. The number of aromatic amines is 1. The molecule has 2 N–H and O–H groups in total. The van der Waals surface area contributed by atoms with E-state index in [0.717, 1.165) is 25.1 Å². The van der Waals surface area contributed by atoms with Gasteiger partial charge in [-0.2, -0.15) is 0 Å². The molecule has 2 aromatic carbocycles. The van der Waals surface area contributed by atoms with Crippen molar-refractivity contribution in [2.75, 3.05) is 29.9 Å². The molecule has 1 aliphatic heterocycles. The minimum atomic E-state index is -0.595. The van der Waals surface area contributed by atoms with E-state index in [0.29, 0.717) is 10.9 Å². The zero-order valence-corrected chi connectivity index (χ0v) is 16.1. The fraction of sp³-hybridized carbons (Fsp3) is 0.273. The first-order chi connectivity index (χ1) is 14.1. The maximum atomic E-state index is 13.8. The Morgan fingerprint density at radius 1 is 1.24 bits per heavy atom. The minimum absolute atomic E-state index is 0.111. The summed E-state index contributed by atoms with van der Waals surface area (Å²) < 4.78 is 18.9. The van der Waals surface area contributed by atoms with E-state index in [9.17, 15) is 14.0 Å². The highest BCUT2D eigenvalue weighted by Gasteiger charge is 2.23. The van der Waals surface area contributed by atoms with E-state index >= 15 is 0 Å². The number of anilines is 2. The summed E-state index contributed by atoms with van der Waals surface area (Å²) in [5.74, 6) is -1.33. The van der Waals surface area contributed by atoms with Crippen LogP contribution in [-0.2, 0) is 16.0 Å². The summed E-state index contributed by atoms with van der Waals surface area (Å²) in [6, 6.07) is 12.1. The molecule has 150 valence electrons. The number of aromatic nitrogens is 1. The van der Waals surface area contributed by atoms with Crippen molar-refractivity contribution in [1.29, 1.82) is 0 Å². The van der Waals surface area contributed by atoms with E-state index in [1.807, 2.05) is 23.1 Å². The van der Waals surface area contributed by atoms with Gasteiger partial charge >= 0.3 is 5.97 Å². The van der Waals surface area contributed by atoms with E-state index in [4.69, 9.17) is 4.74 Å². The average Bonchev–Trinajstić information content (AvgIpc) is 3.06. The molecule has 0 saturated heterocycles. The Hall–Kier alpha value is -3.35. The Morgan fingerprint density at radius 3 is 2.90 bits per heavy atom. The molecule has 3 aromatic rings. The molecule has 29 heavy (non-hydrogen) atoms. The smallest absolute Gasteiger partial charge is 0.356 e. The molecule has 0 unspecified atom stereocenters. The van der Waals surface area contributed by atoms with Gasteiger partial charge in [0.1, 0.15) is 11.5 Å². The van der Waals surface area contributed by atoms with Crippen molar-refractivity contribution in [2.24, 2.45) is 0 Å². The highest BCUT2D eigenvalue weighted by atomic mass is 19.1. The second kappa shape index (κ2) is 7.95. The van der Waals surface area contributed by atoms with Crippen molar-refractivity contribution in [1.82, 2.24) is 4.98 Å². The molecule has 6 nitrogen and oxygen atoms in total. The molecule has 0 spiro atoms. The van der Waals surface area contributed by atoms with Gasteiger partial charge < -0.3 is 19.9 Å². The first-order valence-corrected chi connectivity index (χ1v) is 9.68. The summed E-state index contributed by atoms with van der Waals surface area (Å²) in [7, 11) is 0. The van der Waals surface area contributed by atoms with Gasteiger partial charge in [-0.15, -0.1) is 0 Å². The Morgan fingerprint density at radius 2 is 2.07 bits per heavy atom. The number of rotatable bonds is 5. The van der Waals surface area contributed by atoms with Crippen molar-refractivity contribution < 1.29 is 18.7 Å². The van der Waals surface area contributed by atoms with Crippen LogP contribution in [0.2, 0.25) is 0 Å². The van der Waals surface area contributed by atoms with Crippen molar-refractivity contribution in [2.45, 2.75) is 19.8 Å². The maximum Gasteiger partial charge on any atom is 0.356 e. The predicted octanol–water partition coefficient (Wildman–Crippen LogP) is 3.88. The van der Waals surface area contributed by atoms with Gasteiger partial charge in [-0.1, -0.05) is 18.2 Å². The third kappa shape index (κ3) is 3.81. The van der Waals surface area contributed by atoms with Crippen LogP contribution in [0.15, 0.2) is 42.5 Å². The lowest BCUT2D eigenvalue weighted by molar-refractivity contribution is -0.115. The fourth-order valence-electron chi connectivity index (χ4n) is 3.78. The Labute approximate surface area is 167 Å². The van der Waals surface area contributed by atoms with E-state index in [1.165, 1.54) is 23.8 Å². The van der Waals surface area contributed by atoms with Crippen molar-refractivity contribution >= 4 is 34.2 Å². The molecule has 0 atom stereocenters. The van der Waals surface area contributed by atoms with Gasteiger partial charge in [0, 0.05) is 23.1 Å². The standard InChI is InChI=1S/C22H22FN3O3/c1-2-29-22(28)21-20(16-12-15(23)9-10-17(16)24-21)25-19(27)13-26-11-5-7-14-6-3-4-8-18(14)26/h3-4,6,8-10,12,24H,2,5,7,11,13H2,1H3,(H,25,27). The predicted molar refractivity (Wildman–Crippen MR) is 110 cm³/mol. The fourth-order valence-corrected chi connectivity index (χ4v) is 3.78. The quantitative estimate of drug-likeness (QED) is 0.643. The van der Waals surface area contributed by atoms with Crippen LogP contribution in [-0.4, -0.2) is 36.6 Å². The van der Waals surface area contributed by atoms with Crippen LogP contribution < -0.4 is 10.2 Å². The lowest BCUT2D eigenvalue weighted by Gasteiger charge is -2.30. The van der Waals surface area contributed by atoms with Gasteiger partial charge in [-0.25, -0.2) is 9.18 Å². The van der Waals surface area contributed by atoms with Gasteiger partial charge in [0.05, 0.1) is 18.8 Å². The number of aryl methyl sites for hydroxylation is 1. The van der Waals surface area contributed by atoms with Crippen LogP contribution in [0.4, 0.5) is 15.8 Å². The van der Waals surface area contributed by atoms with Crippen LogP contribution in [0.3, 0.4) is 0 Å². The molecular formula is C22H22FN3O3. The first kappa shape index (κ1) is 19.0. The van der Waals surface area contributed by atoms with Gasteiger partial charge in [0.15, 0.2) is 0 Å². The largest absolute Gasteiger partial charge is 0.461 e. The normalized spacial score (nSPS) is 13.2. The Balaban J connectivity index is 1.62. The number of fused-ring (bicyclic) bond motifs is 2. The van der Waals surface area contributed by atoms with Gasteiger partial charge in [-0.05, 0) is 49.6 Å². The summed E-state index contributed by atoms with van der Waals surface area (Å²) in [6.07, 6.45) is 1.96. The van der Waals surface area contributed by atoms with Crippen molar-refractivity contribution in [3.63, 3.8) is 0 Å². The summed E-state index contributed by atoms with van der Waals surface area (Å²) >= 11 is 0. The zero-order valence-electron chi connectivity index (χ0n) is 16.1. The Kier molecular flexibility index (Phi) is 5.20. The number of nitrogens with one attached hydrogen (secondary N) is 2. The lowest BCUT2D eigenvalue weighted by Crippen LogP contribution is -2.37. The number of esters is 1. The number of H-pyrrole nitrogens is 1. The molecule has 0 aliphatic carbocycles. The van der Waals surface area contributed by atoms with E-state index < -0.39 is 11.8 Å². The number of carbonyl (C=O) groups excluding carboxylic acids is 2. The van der Waals surface area contributed by atoms with Gasteiger partial charge in [0.2, 0.25) is 5.91 Å². The second-order valence-corrected chi connectivity index (χ2v) is 6.99. The van der Waals surface area contributed by atoms with E-state index in [1.54, 1.807) is 6.92 Å². The lowest BCUT2D eigenvalue weighted by atomic mass is 10.0. The van der Waals surface area contributed by atoms with Gasteiger partial charge in [-0.3, -0.25) is 4.79 Å². The summed E-state index contributed by atoms with van der Waals surface area (Å²) in [5.41, 5.74) is 3.17. The van der Waals surface area contributed by atoms with Gasteiger partial charge in [0.25, 0.3) is 0 Å². The third-order valence-electron chi connectivity index (χ3n) is 5.05. The molecule has 1 aromatic heterocycles. The number of carbonyl (C=O) groups is 2. The molecule has 0 bridgehead atoms. The number of halogens is 1. The number of benzene rings is 2. The molecule has 0 radical (unpaired) electrons. The number of amides is 1. The van der Waals surface area contributed by atoms with Crippen molar-refractivity contribution in [3.05, 3.63) is 59.5 Å². The van der Waals surface area contributed by atoms with E-state index in [-0.39, 0.29) is 30.4 Å². The first-order valence-electron chi connectivity index (χ1n) is 9.68. The van der Waals surface area contributed by atoms with Crippen LogP contribution in [0.5, 0.6) is 0 Å². The molecule has 0 fully saturated rings. The van der Waals surface area contributed by atoms with Crippen LogP contribution in [0, 0.1) is 5.82 Å². The Bertz CT molecular complexity index is 1080. The van der Waals surface area contributed by atoms with Crippen LogP contribution in [0.1, 0.15) is 29.4 Å². The molecule has 1 amide bonds. The second-order valence-electron chi connectivity index (χ2n) is 6.99. The van der Waals surface area contributed by atoms with E-state index in [2.05, 4.69) is 16.4 Å². The molecular weight excluding hydrogens is 373 g/mol. The highest BCUT2D eigenvalue weighted by molar-refractivity contribution is 6.11. The molecule has 4 rings (SSSR count). The number of hydrogen-bond acceptors (Lipinski definition) is 4. The maximum absolute atomic E-state index is 13.8. The summed E-state index contributed by atoms with van der Waals surface area (Å²) in [5, 5.41) is 3.23. The number of hydrogen-bond donors (Lipinski definition) is 2. The minimum Gasteiger partial charge on any atom is -0.461 e. The zero-order chi connectivity index (χ0) is 20.4. The number of para-hydroxylation sites is 1. The molecule has 2 heterocycles. The SMILES string of the molecule is CCOC(=O)c1[nH]c2ccc(F)cc2c1NC(=O)CN1CCCc2ccccc21. The molecule has 7 heteroatoms. The number of ether oxygens (including phenoxy) is 1. The van der Waals surface area contributed by atoms with Crippen LogP contribution >= 0.6 is 0 Å².